The zero-order chi connectivity index (χ0) is 67.7. The number of aromatic hydroxyl groups is 1. The molecule has 2 saturated heterocycles. The summed E-state index contributed by atoms with van der Waals surface area (Å²) in [5.74, 6) is -7.04. The van der Waals surface area contributed by atoms with Crippen LogP contribution in [0, 0.1) is 0 Å². The van der Waals surface area contributed by atoms with Crippen LogP contribution >= 0.6 is 0 Å². The number of carbonyl (C=O) groups excluding carboxylic acids is 8. The molecule has 2 aliphatic rings. The first-order valence-corrected chi connectivity index (χ1v) is 31.6. The van der Waals surface area contributed by atoms with Crippen molar-refractivity contribution in [2.75, 3.05) is 118 Å². The lowest BCUT2D eigenvalue weighted by atomic mass is 9.95. The van der Waals surface area contributed by atoms with Gasteiger partial charge in [-0.3, -0.25) is 82.2 Å². The maximum atomic E-state index is 14.8. The van der Waals surface area contributed by atoms with Gasteiger partial charge in [0.15, 0.2) is 17.9 Å². The number of hydrogen-bond donors (Lipinski definition) is 13. The first kappa shape index (κ1) is 74.9. The number of likely N-dealkylation sites (N-methyl/N-ethyl adjacent to an activating group) is 1. The molecule has 7 amide bonds. The van der Waals surface area contributed by atoms with Gasteiger partial charge >= 0.3 is 17.9 Å². The molecule has 510 valence electrons. The van der Waals surface area contributed by atoms with Crippen LogP contribution in [0.25, 0.3) is 10.8 Å². The van der Waals surface area contributed by atoms with Gasteiger partial charge in [0.05, 0.1) is 38.8 Å². The van der Waals surface area contributed by atoms with Crippen LogP contribution in [-0.2, 0) is 65.6 Å². The molecule has 0 aromatic heterocycles. The molecule has 0 aliphatic carbocycles. The van der Waals surface area contributed by atoms with Gasteiger partial charge in [-0.1, -0.05) is 54.6 Å². The third kappa shape index (κ3) is 27.9. The monoisotopic (exact) mass is 1300 g/mol. The molecule has 30 heteroatoms. The van der Waals surface area contributed by atoms with E-state index in [0.717, 1.165) is 16.3 Å². The number of phenols is 1. The van der Waals surface area contributed by atoms with Crippen LogP contribution in [0.1, 0.15) is 81.8 Å². The second kappa shape index (κ2) is 39.5. The zero-order valence-electron chi connectivity index (χ0n) is 53.0. The number of aryl methyl sites for hydroxylation is 1. The number of aldehydes is 1. The maximum Gasteiger partial charge on any atom is 0.317 e. The number of fused-ring (bicyclic) bond motifs is 1. The standard InChI is InChI=1S/C63H93N15O15/c1-74-51(13-9-26-67-53(82)15-4-6-24-66-52(81)14-5-7-25-68-55(84)39-75-28-30-76(40-56(85)86)32-34-78(42-58(89)90)35-33-77(31-29-75)41-57(87)88)61(93)72-49(12-8-27-69-62(64)65)60(92)71-50(23-19-44-16-20-46-10-2-3-11-47(46)36-44)59(91)70-38-54(83)73-63(74,43-79)37-45-17-21-48(80)22-18-45/h2-3,10-11,16-18,20-22,36,43,49-51,80H,4-9,12-15,19,23-35,37-42H2,1H3,(H,66,81)(H,67,82)(H,68,84)(H,70,91)(H,71,92)(H,72,93)(H,73,83)(H,85,86)(H,87,88)(H,89,90)(H4,64,65,69)/t49-,50-,51+,63+/m0/s1. The summed E-state index contributed by atoms with van der Waals surface area (Å²) in [4.78, 5) is 156. The first-order chi connectivity index (χ1) is 44.5. The van der Waals surface area contributed by atoms with Crippen molar-refractivity contribution < 1.29 is 73.2 Å². The summed E-state index contributed by atoms with van der Waals surface area (Å²) in [6.45, 7) is 1.44. The fourth-order valence-electron chi connectivity index (χ4n) is 11.0. The van der Waals surface area contributed by atoms with Crippen LogP contribution in [0.15, 0.2) is 71.7 Å². The van der Waals surface area contributed by atoms with E-state index < -0.39 is 71.9 Å². The van der Waals surface area contributed by atoms with Gasteiger partial charge in [-0.05, 0) is 105 Å². The van der Waals surface area contributed by atoms with Gasteiger partial charge in [-0.25, -0.2) is 0 Å². The topological polar surface area (TPSA) is 433 Å². The minimum Gasteiger partial charge on any atom is -0.508 e. The Kier molecular flexibility index (Phi) is 31.8. The number of aliphatic imine (C=N–C) groups is 1. The normalized spacial score (nSPS) is 19.8. The highest BCUT2D eigenvalue weighted by atomic mass is 16.4. The zero-order valence-corrected chi connectivity index (χ0v) is 53.0. The van der Waals surface area contributed by atoms with E-state index >= 15 is 0 Å². The molecule has 15 N–H and O–H groups in total. The predicted molar refractivity (Wildman–Crippen MR) is 344 cm³/mol. The quantitative estimate of drug-likeness (QED) is 0.0141. The Labute approximate surface area is 540 Å². The number of guanidine groups is 1. The Morgan fingerprint density at radius 2 is 1.09 bits per heavy atom. The molecule has 3 aromatic rings. The number of unbranched alkanes of at least 4 members (excludes halogenated alkanes) is 2. The molecular formula is C63H93N15O15. The summed E-state index contributed by atoms with van der Waals surface area (Å²) in [7, 11) is 1.47. The lowest BCUT2D eigenvalue weighted by Crippen LogP contribution is -2.68. The van der Waals surface area contributed by atoms with Gasteiger partial charge in [-0.2, -0.15) is 0 Å². The minimum atomic E-state index is -1.94. The van der Waals surface area contributed by atoms with E-state index in [1.54, 1.807) is 26.8 Å². The number of hydrogen-bond acceptors (Lipinski definition) is 18. The van der Waals surface area contributed by atoms with Crippen LogP contribution < -0.4 is 48.7 Å². The number of phenolic OH excluding ortho intramolecular Hbond substituents is 1. The summed E-state index contributed by atoms with van der Waals surface area (Å²) >= 11 is 0. The Hall–Kier alpha value is -8.84. The van der Waals surface area contributed by atoms with E-state index in [1.807, 2.05) is 47.4 Å². The number of nitrogens with zero attached hydrogens (tertiary/aromatic N) is 6. The smallest absolute Gasteiger partial charge is 0.317 e. The number of rotatable bonds is 32. The molecule has 0 radical (unpaired) electrons. The molecule has 3 aromatic carbocycles. The second-order valence-corrected chi connectivity index (χ2v) is 23.5. The molecular weight excluding hydrogens is 1210 g/mol. The van der Waals surface area contributed by atoms with Crippen LogP contribution in [0.3, 0.4) is 0 Å². The van der Waals surface area contributed by atoms with E-state index in [9.17, 15) is 73.2 Å². The van der Waals surface area contributed by atoms with Crippen LogP contribution in [0.2, 0.25) is 0 Å². The Morgan fingerprint density at radius 1 is 0.591 bits per heavy atom. The largest absolute Gasteiger partial charge is 0.508 e. The molecule has 2 aliphatic heterocycles. The van der Waals surface area contributed by atoms with Crippen LogP contribution in [0.5, 0.6) is 5.75 Å². The summed E-state index contributed by atoms with van der Waals surface area (Å²) in [5, 5.41) is 60.1. The van der Waals surface area contributed by atoms with E-state index in [4.69, 9.17) is 11.5 Å². The van der Waals surface area contributed by atoms with Gasteiger partial charge in [0, 0.05) is 97.8 Å². The molecule has 0 bridgehead atoms. The second-order valence-electron chi connectivity index (χ2n) is 23.5. The Morgan fingerprint density at radius 3 is 1.62 bits per heavy atom. The highest BCUT2D eigenvalue weighted by Crippen LogP contribution is 2.24. The summed E-state index contributed by atoms with van der Waals surface area (Å²) < 4.78 is 0. The first-order valence-electron chi connectivity index (χ1n) is 31.6. The van der Waals surface area contributed by atoms with E-state index in [-0.39, 0.29) is 166 Å². The average Bonchev–Trinajstić information content (AvgIpc) is 0.815. The summed E-state index contributed by atoms with van der Waals surface area (Å²) in [5.41, 5.74) is 10.6. The van der Waals surface area contributed by atoms with Gasteiger partial charge in [0.1, 0.15) is 17.8 Å². The van der Waals surface area contributed by atoms with Crippen molar-refractivity contribution in [1.82, 2.24) is 61.7 Å². The van der Waals surface area contributed by atoms with Crippen LogP contribution in [0.4, 0.5) is 0 Å². The molecule has 0 spiro atoms. The van der Waals surface area contributed by atoms with E-state index in [0.29, 0.717) is 63.6 Å². The highest BCUT2D eigenvalue weighted by Gasteiger charge is 2.43. The van der Waals surface area contributed by atoms with Gasteiger partial charge in [0.2, 0.25) is 41.4 Å². The number of amides is 7. The lowest BCUT2D eigenvalue weighted by molar-refractivity contribution is -0.141. The third-order valence-electron chi connectivity index (χ3n) is 16.2. The van der Waals surface area contributed by atoms with Crippen molar-refractivity contribution in [3.8, 4) is 5.75 Å². The fraction of sp³-hybridized carbons (Fsp3) is 0.556. The van der Waals surface area contributed by atoms with Crippen molar-refractivity contribution in [1.29, 1.82) is 0 Å². The van der Waals surface area contributed by atoms with Crippen molar-refractivity contribution in [2.45, 2.75) is 107 Å². The van der Waals surface area contributed by atoms with Crippen molar-refractivity contribution in [3.05, 3.63) is 77.9 Å². The molecule has 0 saturated carbocycles. The average molecular weight is 1300 g/mol. The van der Waals surface area contributed by atoms with Gasteiger partial charge < -0.3 is 69.1 Å². The van der Waals surface area contributed by atoms with Crippen molar-refractivity contribution in [3.63, 3.8) is 0 Å². The molecule has 5 rings (SSSR count). The Bertz CT molecular complexity index is 2990. The van der Waals surface area contributed by atoms with Gasteiger partial charge in [0.25, 0.3) is 0 Å². The third-order valence-corrected chi connectivity index (χ3v) is 16.2. The van der Waals surface area contributed by atoms with E-state index in [2.05, 4.69) is 42.2 Å². The van der Waals surface area contributed by atoms with Gasteiger partial charge in [-0.15, -0.1) is 0 Å². The minimum absolute atomic E-state index is 0.00129. The molecule has 0 unspecified atom stereocenters. The molecule has 2 fully saturated rings. The molecule has 93 heavy (non-hydrogen) atoms. The lowest BCUT2D eigenvalue weighted by Gasteiger charge is -2.42. The number of carboxylic acid groups (broad SMARTS) is 3. The van der Waals surface area contributed by atoms with Crippen LogP contribution in [-0.4, -0.2) is 259 Å². The number of aliphatic carboxylic acids is 3. The van der Waals surface area contributed by atoms with Crippen molar-refractivity contribution >= 4 is 82.3 Å². The Balaban J connectivity index is 1.13. The number of benzene rings is 3. The van der Waals surface area contributed by atoms with E-state index in [1.165, 1.54) is 24.1 Å². The number of nitrogens with two attached hydrogens (primary N) is 2. The molecule has 4 atom stereocenters. The van der Waals surface area contributed by atoms with Crippen molar-refractivity contribution in [2.24, 2.45) is 16.5 Å². The number of carboxylic acids is 3. The SMILES string of the molecule is CN1[C@H](CCCNC(=O)CCCCNC(=O)CCCCNC(=O)CN2CCN(CC(=O)O)CCN(CC(=O)O)CCN(CC(=O)O)CC2)C(=O)N[C@@H](CCCN=C(N)N)C(=O)N[C@@H](CCc2ccc3ccccc3c2)C(=O)NCC(=O)N[C@]1(C=O)Cc1ccc(O)cc1. The fourth-order valence-corrected chi connectivity index (χ4v) is 11.0. The predicted octanol–water partition coefficient (Wildman–Crippen LogP) is -1.87. The molecule has 2 heterocycles. The summed E-state index contributed by atoms with van der Waals surface area (Å²) in [6.07, 6.45) is 3.39. The number of nitrogens with one attached hydrogen (secondary N) is 7. The highest BCUT2D eigenvalue weighted by molar-refractivity contribution is 5.95. The molecule has 30 nitrogen and oxygen atoms in total. The summed E-state index contributed by atoms with van der Waals surface area (Å²) in [6, 6.07) is 15.9. The maximum absolute atomic E-state index is 14.8. The number of carbonyl (C=O) groups is 11.